The van der Waals surface area contributed by atoms with Crippen molar-refractivity contribution in [3.63, 3.8) is 0 Å². The summed E-state index contributed by atoms with van der Waals surface area (Å²) < 4.78 is 16.1. The Morgan fingerprint density at radius 1 is 1.03 bits per heavy atom. The van der Waals surface area contributed by atoms with Gasteiger partial charge >= 0.3 is 6.03 Å². The Morgan fingerprint density at radius 2 is 1.82 bits per heavy atom. The molecule has 1 aliphatic heterocycles. The molecule has 0 radical (unpaired) electrons. The van der Waals surface area contributed by atoms with E-state index in [1.54, 1.807) is 38.5 Å². The van der Waals surface area contributed by atoms with Gasteiger partial charge in [-0.25, -0.2) is 9.69 Å². The second-order valence-electron chi connectivity index (χ2n) is 8.20. The van der Waals surface area contributed by atoms with Crippen LogP contribution in [0.25, 0.3) is 11.4 Å². The van der Waals surface area contributed by atoms with E-state index in [1.165, 1.54) is 4.90 Å². The lowest BCUT2D eigenvalue weighted by atomic mass is 9.76. The van der Waals surface area contributed by atoms with E-state index in [-0.39, 0.29) is 23.8 Å². The molecule has 2 aromatic carbocycles. The van der Waals surface area contributed by atoms with Gasteiger partial charge < -0.3 is 19.3 Å². The first-order valence-electron chi connectivity index (χ1n) is 10.8. The Kier molecular flexibility index (Phi) is 5.45. The molecule has 3 unspecified atom stereocenters. The first-order valence-corrected chi connectivity index (χ1v) is 10.8. The summed E-state index contributed by atoms with van der Waals surface area (Å²) in [4.78, 5) is 31.8. The van der Waals surface area contributed by atoms with Crippen molar-refractivity contribution in [1.29, 1.82) is 0 Å². The van der Waals surface area contributed by atoms with Crippen LogP contribution in [-0.2, 0) is 4.79 Å². The highest BCUT2D eigenvalue weighted by Crippen LogP contribution is 2.39. The topological polar surface area (TPSA) is 107 Å². The third-order valence-electron chi connectivity index (χ3n) is 6.37. The van der Waals surface area contributed by atoms with Gasteiger partial charge in [-0.2, -0.15) is 4.98 Å². The Labute approximate surface area is 190 Å². The molecule has 2 aliphatic rings. The van der Waals surface area contributed by atoms with E-state index in [9.17, 15) is 9.59 Å². The van der Waals surface area contributed by atoms with Crippen LogP contribution < -0.4 is 19.7 Å². The molecule has 0 bridgehead atoms. The highest BCUT2D eigenvalue weighted by molar-refractivity contribution is 6.17. The number of rotatable bonds is 5. The predicted molar refractivity (Wildman–Crippen MR) is 119 cm³/mol. The number of nitrogens with zero attached hydrogens (tertiary/aromatic N) is 3. The van der Waals surface area contributed by atoms with Crippen LogP contribution in [0.2, 0.25) is 0 Å². The summed E-state index contributed by atoms with van der Waals surface area (Å²) in [5.74, 6) is 1.77. The second-order valence-corrected chi connectivity index (χ2v) is 8.20. The quantitative estimate of drug-likeness (QED) is 0.633. The molecule has 170 valence electrons. The summed E-state index contributed by atoms with van der Waals surface area (Å²) >= 11 is 0. The number of para-hydroxylation sites is 1. The van der Waals surface area contributed by atoms with Gasteiger partial charge in [0.25, 0.3) is 0 Å². The Hall–Kier alpha value is -3.88. The highest BCUT2D eigenvalue weighted by Gasteiger charge is 2.46. The van der Waals surface area contributed by atoms with Crippen molar-refractivity contribution in [1.82, 2.24) is 15.5 Å². The van der Waals surface area contributed by atoms with E-state index in [2.05, 4.69) is 15.5 Å². The van der Waals surface area contributed by atoms with E-state index >= 15 is 0 Å². The maximum absolute atomic E-state index is 13.2. The van der Waals surface area contributed by atoms with Crippen LogP contribution in [-0.4, -0.2) is 42.3 Å². The Balaban J connectivity index is 1.32. The molecule has 1 saturated heterocycles. The largest absolute Gasteiger partial charge is 0.497 e. The SMILES string of the molecule is COc1ccc(N2C(=O)NC3CC(c4nc(-c5ccccc5OC)no4)CCC3C2=O)cc1. The number of carbonyl (C=O) groups excluding carboxylic acids is 2. The van der Waals surface area contributed by atoms with Gasteiger partial charge in [-0.3, -0.25) is 4.79 Å². The molecule has 2 heterocycles. The van der Waals surface area contributed by atoms with Gasteiger partial charge in [-0.1, -0.05) is 17.3 Å². The first kappa shape index (κ1) is 21.0. The van der Waals surface area contributed by atoms with Crippen LogP contribution in [0.15, 0.2) is 53.1 Å². The standard InChI is InChI=1S/C24H24N4O5/c1-31-16-10-8-15(9-11-16)28-23(29)17-12-7-14(13-19(17)25-24(28)30)22-26-21(27-33-22)18-5-3-4-6-20(18)32-2/h3-6,8-11,14,17,19H,7,12-13H2,1-2H3,(H,25,30). The van der Waals surface area contributed by atoms with Gasteiger partial charge in [0.05, 0.1) is 31.4 Å². The highest BCUT2D eigenvalue weighted by atomic mass is 16.5. The number of anilines is 1. The number of fused-ring (bicyclic) bond motifs is 1. The molecule has 3 atom stereocenters. The fourth-order valence-corrected chi connectivity index (χ4v) is 4.65. The van der Waals surface area contributed by atoms with E-state index in [0.29, 0.717) is 48.2 Å². The Bertz CT molecular complexity index is 1180. The summed E-state index contributed by atoms with van der Waals surface area (Å²) in [6.07, 6.45) is 1.90. The van der Waals surface area contributed by atoms with Crippen molar-refractivity contribution in [2.24, 2.45) is 5.92 Å². The van der Waals surface area contributed by atoms with Crippen LogP contribution in [0.4, 0.5) is 10.5 Å². The van der Waals surface area contributed by atoms with Crippen LogP contribution in [0.3, 0.4) is 0 Å². The first-order chi connectivity index (χ1) is 16.1. The summed E-state index contributed by atoms with van der Waals surface area (Å²) in [5.41, 5.74) is 1.28. The number of imide groups is 1. The van der Waals surface area contributed by atoms with Gasteiger partial charge in [-0.15, -0.1) is 0 Å². The van der Waals surface area contributed by atoms with Crippen LogP contribution in [0.1, 0.15) is 31.1 Å². The molecule has 0 spiro atoms. The average molecular weight is 448 g/mol. The molecule has 5 rings (SSSR count). The number of benzene rings is 2. The fourth-order valence-electron chi connectivity index (χ4n) is 4.65. The number of nitrogens with one attached hydrogen (secondary N) is 1. The number of amides is 3. The summed E-state index contributed by atoms with van der Waals surface area (Å²) in [6.45, 7) is 0. The number of methoxy groups -OCH3 is 2. The minimum absolute atomic E-state index is 0.0390. The molecule has 9 nitrogen and oxygen atoms in total. The Morgan fingerprint density at radius 3 is 2.58 bits per heavy atom. The number of urea groups is 1. The average Bonchev–Trinajstić information content (AvgIpc) is 3.34. The lowest BCUT2D eigenvalue weighted by molar-refractivity contribution is -0.124. The molecule has 3 aromatic rings. The van der Waals surface area contributed by atoms with E-state index in [4.69, 9.17) is 14.0 Å². The van der Waals surface area contributed by atoms with Gasteiger partial charge in [0.2, 0.25) is 17.6 Å². The molecule has 1 aliphatic carbocycles. The molecule has 1 saturated carbocycles. The zero-order chi connectivity index (χ0) is 22.9. The van der Waals surface area contributed by atoms with Crippen molar-refractivity contribution in [3.05, 3.63) is 54.4 Å². The van der Waals surface area contributed by atoms with Crippen molar-refractivity contribution in [3.8, 4) is 22.9 Å². The van der Waals surface area contributed by atoms with Crippen molar-refractivity contribution >= 4 is 17.6 Å². The molecule has 3 amide bonds. The lowest BCUT2D eigenvalue weighted by Gasteiger charge is -2.41. The summed E-state index contributed by atoms with van der Waals surface area (Å²) in [5, 5.41) is 7.14. The van der Waals surface area contributed by atoms with E-state index in [1.807, 2.05) is 24.3 Å². The maximum atomic E-state index is 13.2. The molecule has 33 heavy (non-hydrogen) atoms. The van der Waals surface area contributed by atoms with Gasteiger partial charge in [0, 0.05) is 12.0 Å². The molecular formula is C24H24N4O5. The third kappa shape index (κ3) is 3.79. The van der Waals surface area contributed by atoms with Crippen molar-refractivity contribution < 1.29 is 23.6 Å². The zero-order valence-corrected chi connectivity index (χ0v) is 18.4. The molecule has 9 heteroatoms. The number of carbonyl (C=O) groups is 2. The normalized spacial score (nSPS) is 22.5. The maximum Gasteiger partial charge on any atom is 0.328 e. The van der Waals surface area contributed by atoms with Crippen LogP contribution in [0.5, 0.6) is 11.5 Å². The zero-order valence-electron chi connectivity index (χ0n) is 18.4. The minimum Gasteiger partial charge on any atom is -0.497 e. The predicted octanol–water partition coefficient (Wildman–Crippen LogP) is 3.76. The van der Waals surface area contributed by atoms with Gasteiger partial charge in [-0.05, 0) is 55.7 Å². The van der Waals surface area contributed by atoms with Gasteiger partial charge in [0.1, 0.15) is 11.5 Å². The van der Waals surface area contributed by atoms with Gasteiger partial charge in [0.15, 0.2) is 0 Å². The summed E-state index contributed by atoms with van der Waals surface area (Å²) in [6, 6.07) is 13.7. The number of aromatic nitrogens is 2. The lowest BCUT2D eigenvalue weighted by Crippen LogP contribution is -2.61. The third-order valence-corrected chi connectivity index (χ3v) is 6.37. The minimum atomic E-state index is -0.424. The summed E-state index contributed by atoms with van der Waals surface area (Å²) in [7, 11) is 3.17. The number of ether oxygens (including phenoxy) is 2. The van der Waals surface area contributed by atoms with Crippen molar-refractivity contribution in [2.75, 3.05) is 19.1 Å². The van der Waals surface area contributed by atoms with Crippen molar-refractivity contribution in [2.45, 2.75) is 31.2 Å². The smallest absolute Gasteiger partial charge is 0.328 e. The molecular weight excluding hydrogens is 424 g/mol. The number of hydrogen-bond donors (Lipinski definition) is 1. The van der Waals surface area contributed by atoms with E-state index < -0.39 is 6.03 Å². The fraction of sp³-hybridized carbons (Fsp3) is 0.333. The number of hydrogen-bond acceptors (Lipinski definition) is 7. The van der Waals surface area contributed by atoms with Crippen LogP contribution >= 0.6 is 0 Å². The van der Waals surface area contributed by atoms with E-state index in [0.717, 1.165) is 5.56 Å². The molecule has 1 N–H and O–H groups in total. The second kappa shape index (κ2) is 8.57. The molecule has 1 aromatic heterocycles. The van der Waals surface area contributed by atoms with Crippen LogP contribution in [0, 0.1) is 5.92 Å². The molecule has 2 fully saturated rings. The monoisotopic (exact) mass is 448 g/mol.